The van der Waals surface area contributed by atoms with Crippen molar-refractivity contribution < 1.29 is 9.59 Å². The van der Waals surface area contributed by atoms with Crippen LogP contribution in [0.2, 0.25) is 0 Å². The Labute approximate surface area is 193 Å². The predicted molar refractivity (Wildman–Crippen MR) is 129 cm³/mol. The Morgan fingerprint density at radius 2 is 1.88 bits per heavy atom. The molecule has 7 nitrogen and oxygen atoms in total. The molecule has 0 atom stereocenters. The maximum atomic E-state index is 12.8. The number of hydrogen-bond acceptors (Lipinski definition) is 6. The lowest BCUT2D eigenvalue weighted by Crippen LogP contribution is -2.19. The number of thioether (sulfide) groups is 1. The molecule has 0 spiro atoms. The van der Waals surface area contributed by atoms with Crippen molar-refractivity contribution in [2.75, 3.05) is 16.4 Å². The number of rotatable bonds is 7. The largest absolute Gasteiger partial charge is 0.325 e. The smallest absolute Gasteiger partial charge is 0.257 e. The van der Waals surface area contributed by atoms with Gasteiger partial charge in [-0.25, -0.2) is 0 Å². The number of carbonyl (C=O) groups excluding carboxylic acids is 2. The average Bonchev–Trinajstić information content (AvgIpc) is 3.42. The molecule has 2 heterocycles. The molecule has 0 radical (unpaired) electrons. The van der Waals surface area contributed by atoms with Gasteiger partial charge in [0.25, 0.3) is 5.91 Å². The molecule has 0 saturated carbocycles. The third kappa shape index (κ3) is 5.06. The number of nitrogens with one attached hydrogen (secondary N) is 2. The van der Waals surface area contributed by atoms with Crippen molar-refractivity contribution in [2.45, 2.75) is 12.1 Å². The van der Waals surface area contributed by atoms with Crippen LogP contribution in [0.5, 0.6) is 0 Å². The van der Waals surface area contributed by atoms with E-state index in [-0.39, 0.29) is 17.6 Å². The number of thiophene rings is 1. The van der Waals surface area contributed by atoms with Crippen LogP contribution in [-0.4, -0.2) is 32.3 Å². The van der Waals surface area contributed by atoms with Crippen LogP contribution in [0.3, 0.4) is 0 Å². The molecular formula is C23H21N5O2S2. The summed E-state index contributed by atoms with van der Waals surface area (Å²) in [5, 5.41) is 16.8. The van der Waals surface area contributed by atoms with E-state index in [4.69, 9.17) is 0 Å². The molecule has 0 bridgehead atoms. The molecule has 4 rings (SSSR count). The number of aryl methyl sites for hydroxylation is 1. The molecule has 0 fully saturated rings. The van der Waals surface area contributed by atoms with E-state index in [1.165, 1.54) is 11.8 Å². The van der Waals surface area contributed by atoms with Gasteiger partial charge in [0.15, 0.2) is 11.0 Å². The van der Waals surface area contributed by atoms with Gasteiger partial charge in [-0.15, -0.1) is 21.5 Å². The first-order valence-corrected chi connectivity index (χ1v) is 11.7. The van der Waals surface area contributed by atoms with Gasteiger partial charge in [0.1, 0.15) is 0 Å². The Kier molecular flexibility index (Phi) is 6.67. The third-order valence-corrected chi connectivity index (χ3v) is 6.52. The number of hydrogen-bond donors (Lipinski definition) is 2. The molecule has 0 aliphatic rings. The lowest BCUT2D eigenvalue weighted by atomic mass is 10.1. The molecule has 2 aromatic carbocycles. The van der Waals surface area contributed by atoms with E-state index in [2.05, 4.69) is 20.8 Å². The molecule has 162 valence electrons. The zero-order valence-electron chi connectivity index (χ0n) is 17.5. The van der Waals surface area contributed by atoms with Gasteiger partial charge in [-0.05, 0) is 48.2 Å². The fourth-order valence-corrected chi connectivity index (χ4v) is 4.54. The predicted octanol–water partition coefficient (Wildman–Crippen LogP) is 4.84. The second kappa shape index (κ2) is 9.80. The normalized spacial score (nSPS) is 10.7. The van der Waals surface area contributed by atoms with E-state index in [0.29, 0.717) is 22.1 Å². The van der Waals surface area contributed by atoms with Crippen LogP contribution in [-0.2, 0) is 11.8 Å². The lowest BCUT2D eigenvalue weighted by Gasteiger charge is -2.12. The van der Waals surface area contributed by atoms with Crippen molar-refractivity contribution in [3.63, 3.8) is 0 Å². The lowest BCUT2D eigenvalue weighted by molar-refractivity contribution is -0.113. The molecule has 2 amide bonds. The van der Waals surface area contributed by atoms with Crippen LogP contribution in [0.25, 0.3) is 10.7 Å². The fraction of sp³-hybridized carbons (Fsp3) is 0.130. The highest BCUT2D eigenvalue weighted by molar-refractivity contribution is 7.99. The standard InChI is InChI=1S/C23H21N5O2S2/c1-15-7-5-8-16(13-15)24-22(30)17-9-3-4-10-18(17)25-20(29)14-32-23-27-26-21(28(23)2)19-11-6-12-31-19/h3-13H,14H2,1-2H3,(H,24,30)(H,25,29). The molecule has 2 aromatic heterocycles. The van der Waals surface area contributed by atoms with E-state index >= 15 is 0 Å². The Balaban J connectivity index is 1.40. The molecule has 9 heteroatoms. The minimum atomic E-state index is -0.284. The van der Waals surface area contributed by atoms with E-state index in [0.717, 1.165) is 16.3 Å². The number of amides is 2. The van der Waals surface area contributed by atoms with Crippen molar-refractivity contribution in [3.05, 3.63) is 77.2 Å². The van der Waals surface area contributed by atoms with Gasteiger partial charge in [-0.2, -0.15) is 0 Å². The summed E-state index contributed by atoms with van der Waals surface area (Å²) in [4.78, 5) is 26.4. The van der Waals surface area contributed by atoms with Crippen molar-refractivity contribution in [3.8, 4) is 10.7 Å². The first-order chi connectivity index (χ1) is 15.5. The van der Waals surface area contributed by atoms with E-state index in [9.17, 15) is 9.59 Å². The SMILES string of the molecule is Cc1cccc(NC(=O)c2ccccc2NC(=O)CSc2nnc(-c3cccs3)n2C)c1. The van der Waals surface area contributed by atoms with Crippen molar-refractivity contribution in [1.82, 2.24) is 14.8 Å². The van der Waals surface area contributed by atoms with Crippen LogP contribution in [0, 0.1) is 6.92 Å². The van der Waals surface area contributed by atoms with Crippen LogP contribution in [0.4, 0.5) is 11.4 Å². The van der Waals surface area contributed by atoms with Gasteiger partial charge in [0.05, 0.1) is 21.9 Å². The van der Waals surface area contributed by atoms with Crippen LogP contribution in [0.15, 0.2) is 71.2 Å². The van der Waals surface area contributed by atoms with Gasteiger partial charge in [-0.3, -0.25) is 9.59 Å². The van der Waals surface area contributed by atoms with Crippen molar-refractivity contribution in [1.29, 1.82) is 0 Å². The average molecular weight is 464 g/mol. The Morgan fingerprint density at radius 1 is 1.03 bits per heavy atom. The van der Waals surface area contributed by atoms with Crippen LogP contribution < -0.4 is 10.6 Å². The molecule has 0 aliphatic carbocycles. The second-order valence-electron chi connectivity index (χ2n) is 7.05. The molecule has 0 aliphatic heterocycles. The van der Waals surface area contributed by atoms with E-state index in [1.807, 2.05) is 60.3 Å². The molecule has 4 aromatic rings. The fourth-order valence-electron chi connectivity index (χ4n) is 3.09. The first kappa shape index (κ1) is 21.8. The van der Waals surface area contributed by atoms with E-state index < -0.39 is 0 Å². The van der Waals surface area contributed by atoms with Gasteiger partial charge in [0, 0.05) is 12.7 Å². The Morgan fingerprint density at radius 3 is 2.66 bits per heavy atom. The maximum absolute atomic E-state index is 12.8. The minimum absolute atomic E-state index is 0.143. The zero-order chi connectivity index (χ0) is 22.5. The van der Waals surface area contributed by atoms with Crippen LogP contribution >= 0.6 is 23.1 Å². The summed E-state index contributed by atoms with van der Waals surface area (Å²) in [6.07, 6.45) is 0. The topological polar surface area (TPSA) is 88.9 Å². The summed E-state index contributed by atoms with van der Waals surface area (Å²) in [5.41, 5.74) is 2.61. The highest BCUT2D eigenvalue weighted by Crippen LogP contribution is 2.26. The summed E-state index contributed by atoms with van der Waals surface area (Å²) < 4.78 is 1.87. The summed E-state index contributed by atoms with van der Waals surface area (Å²) in [6, 6.07) is 18.4. The highest BCUT2D eigenvalue weighted by atomic mass is 32.2. The van der Waals surface area contributed by atoms with Gasteiger partial charge >= 0.3 is 0 Å². The summed E-state index contributed by atoms with van der Waals surface area (Å²) >= 11 is 2.88. The highest BCUT2D eigenvalue weighted by Gasteiger charge is 2.16. The van der Waals surface area contributed by atoms with Gasteiger partial charge in [0.2, 0.25) is 5.91 Å². The van der Waals surface area contributed by atoms with Crippen molar-refractivity contribution in [2.24, 2.45) is 7.05 Å². The quantitative estimate of drug-likeness (QED) is 0.383. The number of anilines is 2. The number of carbonyl (C=O) groups is 2. The van der Waals surface area contributed by atoms with E-state index in [1.54, 1.807) is 35.6 Å². The Bertz CT molecular complexity index is 1250. The first-order valence-electron chi connectivity index (χ1n) is 9.84. The number of para-hydroxylation sites is 1. The molecule has 0 saturated heterocycles. The molecule has 2 N–H and O–H groups in total. The summed E-state index contributed by atoms with van der Waals surface area (Å²) in [7, 11) is 1.88. The number of benzene rings is 2. The number of nitrogens with zero attached hydrogens (tertiary/aromatic N) is 3. The summed E-state index contributed by atoms with van der Waals surface area (Å²) in [5.74, 6) is 0.394. The molecule has 0 unspecified atom stereocenters. The third-order valence-electron chi connectivity index (χ3n) is 4.63. The minimum Gasteiger partial charge on any atom is -0.325 e. The van der Waals surface area contributed by atoms with Gasteiger partial charge < -0.3 is 15.2 Å². The van der Waals surface area contributed by atoms with Crippen molar-refractivity contribution >= 4 is 46.3 Å². The second-order valence-corrected chi connectivity index (χ2v) is 8.94. The van der Waals surface area contributed by atoms with Gasteiger partial charge in [-0.1, -0.05) is 42.1 Å². The summed E-state index contributed by atoms with van der Waals surface area (Å²) in [6.45, 7) is 1.96. The zero-order valence-corrected chi connectivity index (χ0v) is 19.2. The number of aromatic nitrogens is 3. The Hall–Kier alpha value is -3.43. The maximum Gasteiger partial charge on any atom is 0.257 e. The molecular weight excluding hydrogens is 442 g/mol. The van der Waals surface area contributed by atoms with Crippen LogP contribution in [0.1, 0.15) is 15.9 Å². The molecule has 32 heavy (non-hydrogen) atoms. The monoisotopic (exact) mass is 463 g/mol.